The monoisotopic (exact) mass is 191 g/mol. The van der Waals surface area contributed by atoms with E-state index in [1.165, 1.54) is 0 Å². The fourth-order valence-corrected chi connectivity index (χ4v) is 0.689. The van der Waals surface area contributed by atoms with Gasteiger partial charge in [0, 0.05) is 7.11 Å². The zero-order valence-electron chi connectivity index (χ0n) is 8.45. The molecular weight excluding hydrogens is 172 g/mol. The molecule has 0 N–H and O–H groups in total. The van der Waals surface area contributed by atoms with Crippen LogP contribution in [0.15, 0.2) is 0 Å². The number of hydrogen-bond donors (Lipinski definition) is 0. The molecule has 1 radical (unpaired) electrons. The minimum absolute atomic E-state index is 0.606. The van der Waals surface area contributed by atoms with Crippen molar-refractivity contribution in [3.05, 3.63) is 6.61 Å². The molecular formula is C9H19O4. The number of rotatable bonds is 10. The average molecular weight is 191 g/mol. The molecule has 0 unspecified atom stereocenters. The third-order valence-corrected chi connectivity index (χ3v) is 1.32. The van der Waals surface area contributed by atoms with Crippen LogP contribution in [0, 0.1) is 6.61 Å². The molecule has 0 bridgehead atoms. The standard InChI is InChI=1S/C9H19O4/c1-3-11-6-7-13-9-8-12-5-4-10-2/h3H,4-9H2,1-2H3. The van der Waals surface area contributed by atoms with Gasteiger partial charge in [0.25, 0.3) is 0 Å². The molecule has 0 amide bonds. The molecule has 0 atom stereocenters. The SMILES string of the molecule is C[CH]OCCOCCOCCOC. The van der Waals surface area contributed by atoms with Crippen LogP contribution >= 0.6 is 0 Å². The van der Waals surface area contributed by atoms with Crippen LogP contribution in [0.1, 0.15) is 6.92 Å². The molecule has 0 fully saturated rings. The number of methoxy groups -OCH3 is 1. The Morgan fingerprint density at radius 3 is 1.92 bits per heavy atom. The summed E-state index contributed by atoms with van der Waals surface area (Å²) >= 11 is 0. The summed E-state index contributed by atoms with van der Waals surface area (Å²) in [4.78, 5) is 0. The maximum atomic E-state index is 5.21. The molecule has 0 saturated heterocycles. The lowest BCUT2D eigenvalue weighted by molar-refractivity contribution is 0.0114. The van der Waals surface area contributed by atoms with Crippen LogP contribution in [-0.2, 0) is 18.9 Å². The topological polar surface area (TPSA) is 36.9 Å². The highest BCUT2D eigenvalue weighted by Crippen LogP contribution is 1.82. The van der Waals surface area contributed by atoms with Crippen molar-refractivity contribution in [2.75, 3.05) is 46.8 Å². The summed E-state index contributed by atoms with van der Waals surface area (Å²) in [5.41, 5.74) is 0. The maximum absolute atomic E-state index is 5.21. The molecule has 4 nitrogen and oxygen atoms in total. The van der Waals surface area contributed by atoms with Gasteiger partial charge in [0.05, 0.1) is 46.2 Å². The normalized spacial score (nSPS) is 10.6. The molecule has 0 aromatic heterocycles. The predicted molar refractivity (Wildman–Crippen MR) is 49.4 cm³/mol. The zero-order chi connectivity index (χ0) is 9.78. The van der Waals surface area contributed by atoms with E-state index in [9.17, 15) is 0 Å². The summed E-state index contributed by atoms with van der Waals surface area (Å²) in [5, 5.41) is 0. The second kappa shape index (κ2) is 11.8. The Morgan fingerprint density at radius 1 is 0.846 bits per heavy atom. The number of ether oxygens (including phenoxy) is 4. The Balaban J connectivity index is 2.76. The molecule has 0 aliphatic heterocycles. The van der Waals surface area contributed by atoms with Crippen molar-refractivity contribution >= 4 is 0 Å². The first-order valence-corrected chi connectivity index (χ1v) is 4.45. The van der Waals surface area contributed by atoms with Gasteiger partial charge in [-0.1, -0.05) is 0 Å². The zero-order valence-corrected chi connectivity index (χ0v) is 8.45. The molecule has 0 spiro atoms. The molecule has 0 heterocycles. The third kappa shape index (κ3) is 11.8. The first-order chi connectivity index (χ1) is 6.41. The lowest BCUT2D eigenvalue weighted by Crippen LogP contribution is -2.10. The summed E-state index contributed by atoms with van der Waals surface area (Å²) in [5.74, 6) is 0. The van der Waals surface area contributed by atoms with Gasteiger partial charge in [0.1, 0.15) is 0 Å². The van der Waals surface area contributed by atoms with E-state index < -0.39 is 0 Å². The van der Waals surface area contributed by atoms with Gasteiger partial charge in [-0.25, -0.2) is 0 Å². The summed E-state index contributed by atoms with van der Waals surface area (Å²) in [7, 11) is 1.65. The number of hydrogen-bond acceptors (Lipinski definition) is 4. The minimum atomic E-state index is 0.606. The Bertz CT molecular complexity index is 77.7. The highest BCUT2D eigenvalue weighted by Gasteiger charge is 1.89. The Hall–Kier alpha value is -0.160. The molecule has 0 rings (SSSR count). The second-order valence-electron chi connectivity index (χ2n) is 2.32. The van der Waals surface area contributed by atoms with Crippen molar-refractivity contribution in [1.29, 1.82) is 0 Å². The van der Waals surface area contributed by atoms with Crippen LogP contribution < -0.4 is 0 Å². The van der Waals surface area contributed by atoms with E-state index in [0.29, 0.717) is 39.6 Å². The smallest absolute Gasteiger partial charge is 0.0807 e. The van der Waals surface area contributed by atoms with Gasteiger partial charge in [0.2, 0.25) is 0 Å². The summed E-state index contributed by atoms with van der Waals surface area (Å²) in [6.07, 6.45) is 0. The van der Waals surface area contributed by atoms with Crippen molar-refractivity contribution < 1.29 is 18.9 Å². The molecule has 4 heteroatoms. The van der Waals surface area contributed by atoms with Gasteiger partial charge < -0.3 is 18.9 Å². The average Bonchev–Trinajstić information content (AvgIpc) is 2.16. The van der Waals surface area contributed by atoms with Gasteiger partial charge >= 0.3 is 0 Å². The summed E-state index contributed by atoms with van der Waals surface area (Å²) < 4.78 is 20.2. The van der Waals surface area contributed by atoms with Gasteiger partial charge in [-0.05, 0) is 6.92 Å². The van der Waals surface area contributed by atoms with Gasteiger partial charge in [-0.15, -0.1) is 0 Å². The fraction of sp³-hybridized carbons (Fsp3) is 0.889. The second-order valence-corrected chi connectivity index (χ2v) is 2.32. The van der Waals surface area contributed by atoms with Crippen LogP contribution in [0.4, 0.5) is 0 Å². The lowest BCUT2D eigenvalue weighted by atomic mass is 10.7. The van der Waals surface area contributed by atoms with Crippen molar-refractivity contribution in [3.63, 3.8) is 0 Å². The molecule has 0 aliphatic carbocycles. The van der Waals surface area contributed by atoms with Crippen molar-refractivity contribution in [2.24, 2.45) is 0 Å². The van der Waals surface area contributed by atoms with Crippen LogP contribution in [0.3, 0.4) is 0 Å². The first-order valence-electron chi connectivity index (χ1n) is 4.45. The van der Waals surface area contributed by atoms with E-state index >= 15 is 0 Å². The van der Waals surface area contributed by atoms with E-state index in [-0.39, 0.29) is 0 Å². The summed E-state index contributed by atoms with van der Waals surface area (Å²) in [6, 6.07) is 0. The molecule has 13 heavy (non-hydrogen) atoms. The molecule has 79 valence electrons. The predicted octanol–water partition coefficient (Wildman–Crippen LogP) is 0.864. The Labute approximate surface area is 80.1 Å². The van der Waals surface area contributed by atoms with Crippen LogP contribution in [0.25, 0.3) is 0 Å². The van der Waals surface area contributed by atoms with Crippen molar-refractivity contribution in [1.82, 2.24) is 0 Å². The van der Waals surface area contributed by atoms with E-state index in [1.807, 2.05) is 6.92 Å². The third-order valence-electron chi connectivity index (χ3n) is 1.32. The molecule has 0 saturated carbocycles. The van der Waals surface area contributed by atoms with Crippen LogP contribution in [0.2, 0.25) is 0 Å². The van der Waals surface area contributed by atoms with Gasteiger partial charge in [-0.2, -0.15) is 0 Å². The minimum Gasteiger partial charge on any atom is -0.382 e. The maximum Gasteiger partial charge on any atom is 0.0807 e. The van der Waals surface area contributed by atoms with Crippen molar-refractivity contribution in [3.8, 4) is 0 Å². The van der Waals surface area contributed by atoms with E-state index in [2.05, 4.69) is 0 Å². The lowest BCUT2D eigenvalue weighted by Gasteiger charge is -2.04. The Morgan fingerprint density at radius 2 is 1.38 bits per heavy atom. The molecule has 0 aromatic carbocycles. The van der Waals surface area contributed by atoms with Gasteiger partial charge in [-0.3, -0.25) is 0 Å². The van der Waals surface area contributed by atoms with E-state index in [0.717, 1.165) is 0 Å². The molecule has 0 aliphatic rings. The highest BCUT2D eigenvalue weighted by atomic mass is 16.5. The van der Waals surface area contributed by atoms with Gasteiger partial charge in [0.15, 0.2) is 0 Å². The summed E-state index contributed by atoms with van der Waals surface area (Å²) in [6.45, 7) is 7.18. The largest absolute Gasteiger partial charge is 0.382 e. The van der Waals surface area contributed by atoms with Crippen molar-refractivity contribution in [2.45, 2.75) is 6.92 Å². The Kier molecular flexibility index (Phi) is 11.7. The van der Waals surface area contributed by atoms with E-state index in [1.54, 1.807) is 13.7 Å². The fourth-order valence-electron chi connectivity index (χ4n) is 0.689. The van der Waals surface area contributed by atoms with Crippen LogP contribution in [-0.4, -0.2) is 46.8 Å². The van der Waals surface area contributed by atoms with Crippen LogP contribution in [0.5, 0.6) is 0 Å². The quantitative estimate of drug-likeness (QED) is 0.480. The first kappa shape index (κ1) is 12.8. The highest BCUT2D eigenvalue weighted by molar-refractivity contribution is 4.36. The van der Waals surface area contributed by atoms with E-state index in [4.69, 9.17) is 18.9 Å². The molecule has 0 aromatic rings.